The van der Waals surface area contributed by atoms with Crippen molar-refractivity contribution in [2.45, 2.75) is 6.92 Å². The molecule has 2 N–H and O–H groups in total. The number of nitrogens with zero attached hydrogens (tertiary/aromatic N) is 3. The maximum Gasteiger partial charge on any atom is 0.356 e. The number of hydrogen-bond acceptors (Lipinski definition) is 6. The van der Waals surface area contributed by atoms with Crippen molar-refractivity contribution in [3.05, 3.63) is 41.9 Å². The van der Waals surface area contributed by atoms with Crippen LogP contribution in [-0.2, 0) is 0 Å². The van der Waals surface area contributed by atoms with Crippen LogP contribution in [0.4, 0.5) is 10.9 Å². The molecular formula is C13H10N4O2S. The van der Waals surface area contributed by atoms with E-state index >= 15 is 0 Å². The quantitative estimate of drug-likeness (QED) is 0.769. The molecule has 0 aliphatic carbocycles. The number of anilines is 2. The normalized spacial score (nSPS) is 10.7. The monoisotopic (exact) mass is 286 g/mol. The van der Waals surface area contributed by atoms with Crippen LogP contribution >= 0.6 is 11.3 Å². The van der Waals surface area contributed by atoms with Gasteiger partial charge in [-0.05, 0) is 24.6 Å². The van der Waals surface area contributed by atoms with E-state index in [1.165, 1.54) is 29.3 Å². The summed E-state index contributed by atoms with van der Waals surface area (Å²) in [5.41, 5.74) is 2.01. The molecule has 0 atom stereocenters. The highest BCUT2D eigenvalue weighted by atomic mass is 32.1. The topological polar surface area (TPSA) is 88.0 Å². The van der Waals surface area contributed by atoms with Gasteiger partial charge in [-0.15, -0.1) is 0 Å². The average Bonchev–Trinajstić information content (AvgIpc) is 2.80. The maximum absolute atomic E-state index is 10.7. The Morgan fingerprint density at radius 1 is 1.30 bits per heavy atom. The van der Waals surface area contributed by atoms with Crippen molar-refractivity contribution in [2.75, 3.05) is 5.32 Å². The number of hydrogen-bond donors (Lipinski definition) is 2. The molecule has 0 unspecified atom stereocenters. The minimum atomic E-state index is -1.10. The molecule has 0 bridgehead atoms. The molecule has 6 nitrogen and oxygen atoms in total. The third-order valence-electron chi connectivity index (χ3n) is 2.65. The molecule has 2 aromatic heterocycles. The van der Waals surface area contributed by atoms with E-state index in [1.54, 1.807) is 0 Å². The van der Waals surface area contributed by atoms with Gasteiger partial charge in [-0.3, -0.25) is 0 Å². The van der Waals surface area contributed by atoms with Crippen molar-refractivity contribution in [2.24, 2.45) is 0 Å². The summed E-state index contributed by atoms with van der Waals surface area (Å²) in [5, 5.41) is 12.5. The van der Waals surface area contributed by atoms with E-state index in [9.17, 15) is 4.79 Å². The summed E-state index contributed by atoms with van der Waals surface area (Å²) in [7, 11) is 0. The Morgan fingerprint density at radius 2 is 2.15 bits per heavy atom. The van der Waals surface area contributed by atoms with Crippen LogP contribution in [0.3, 0.4) is 0 Å². The Balaban J connectivity index is 1.87. The zero-order valence-corrected chi connectivity index (χ0v) is 11.3. The van der Waals surface area contributed by atoms with Gasteiger partial charge < -0.3 is 10.4 Å². The third kappa shape index (κ3) is 2.43. The molecule has 3 aromatic rings. The minimum Gasteiger partial charge on any atom is -0.476 e. The van der Waals surface area contributed by atoms with E-state index in [-0.39, 0.29) is 5.69 Å². The van der Waals surface area contributed by atoms with Crippen LogP contribution in [0.15, 0.2) is 30.6 Å². The molecule has 7 heteroatoms. The number of carboxylic acid groups (broad SMARTS) is 1. The van der Waals surface area contributed by atoms with Crippen LogP contribution < -0.4 is 5.32 Å². The largest absolute Gasteiger partial charge is 0.476 e. The fourth-order valence-electron chi connectivity index (χ4n) is 1.70. The van der Waals surface area contributed by atoms with Gasteiger partial charge in [-0.25, -0.2) is 19.7 Å². The van der Waals surface area contributed by atoms with Crippen molar-refractivity contribution in [1.29, 1.82) is 0 Å². The highest BCUT2D eigenvalue weighted by molar-refractivity contribution is 7.22. The molecule has 20 heavy (non-hydrogen) atoms. The predicted octanol–water partition coefficient (Wildman–Crippen LogP) is 2.84. The number of aromatic carboxylic acids is 1. The average molecular weight is 286 g/mol. The molecule has 0 radical (unpaired) electrons. The van der Waals surface area contributed by atoms with E-state index in [0.717, 1.165) is 10.2 Å². The van der Waals surface area contributed by atoms with Crippen molar-refractivity contribution in [3.8, 4) is 0 Å². The minimum absolute atomic E-state index is 0.0875. The number of nitrogens with one attached hydrogen (secondary N) is 1. The molecule has 0 saturated carbocycles. The lowest BCUT2D eigenvalue weighted by Crippen LogP contribution is -2.02. The number of carbonyl (C=O) groups is 1. The van der Waals surface area contributed by atoms with Crippen LogP contribution in [0.25, 0.3) is 10.2 Å². The summed E-state index contributed by atoms with van der Waals surface area (Å²) in [4.78, 5) is 22.9. The first-order valence-electron chi connectivity index (χ1n) is 5.81. The van der Waals surface area contributed by atoms with Crippen molar-refractivity contribution in [3.63, 3.8) is 0 Å². The molecular weight excluding hydrogens is 276 g/mol. The van der Waals surface area contributed by atoms with E-state index in [1.807, 2.05) is 19.1 Å². The number of rotatable bonds is 3. The third-order valence-corrected chi connectivity index (χ3v) is 3.58. The Bertz CT molecular complexity index is 783. The van der Waals surface area contributed by atoms with Gasteiger partial charge in [0.2, 0.25) is 0 Å². The lowest BCUT2D eigenvalue weighted by Gasteiger charge is -2.00. The van der Waals surface area contributed by atoms with Gasteiger partial charge in [0.05, 0.1) is 22.6 Å². The summed E-state index contributed by atoms with van der Waals surface area (Å²) in [5.74, 6) is -0.634. The fourth-order valence-corrected chi connectivity index (χ4v) is 2.67. The van der Waals surface area contributed by atoms with Crippen molar-refractivity contribution < 1.29 is 9.90 Å². The molecule has 100 valence electrons. The van der Waals surface area contributed by atoms with Crippen molar-refractivity contribution in [1.82, 2.24) is 15.0 Å². The van der Waals surface area contributed by atoms with E-state index in [0.29, 0.717) is 10.9 Å². The van der Waals surface area contributed by atoms with Gasteiger partial charge in [0.15, 0.2) is 16.6 Å². The number of thiazole rings is 1. The van der Waals surface area contributed by atoms with Crippen LogP contribution in [0.5, 0.6) is 0 Å². The molecule has 2 heterocycles. The van der Waals surface area contributed by atoms with E-state index in [4.69, 9.17) is 5.11 Å². The molecule has 0 saturated heterocycles. The number of fused-ring (bicyclic) bond motifs is 1. The zero-order valence-electron chi connectivity index (χ0n) is 10.5. The summed E-state index contributed by atoms with van der Waals surface area (Å²) in [6, 6.07) is 6.04. The summed E-state index contributed by atoms with van der Waals surface area (Å²) >= 11 is 1.51. The van der Waals surface area contributed by atoms with Crippen LogP contribution in [0.1, 0.15) is 16.1 Å². The molecule has 0 spiro atoms. The van der Waals surface area contributed by atoms with Crippen LogP contribution in [0.2, 0.25) is 0 Å². The zero-order chi connectivity index (χ0) is 14.1. The van der Waals surface area contributed by atoms with Crippen LogP contribution in [-0.4, -0.2) is 26.0 Å². The number of benzene rings is 1. The van der Waals surface area contributed by atoms with E-state index < -0.39 is 5.97 Å². The lowest BCUT2D eigenvalue weighted by atomic mass is 10.2. The first kappa shape index (κ1) is 12.5. The summed E-state index contributed by atoms with van der Waals surface area (Å²) < 4.78 is 1.09. The Morgan fingerprint density at radius 3 is 2.85 bits per heavy atom. The highest BCUT2D eigenvalue weighted by Crippen LogP contribution is 2.28. The summed E-state index contributed by atoms with van der Waals surface area (Å²) in [6.07, 6.45) is 2.59. The van der Waals surface area contributed by atoms with Gasteiger partial charge in [-0.1, -0.05) is 17.4 Å². The van der Waals surface area contributed by atoms with Gasteiger partial charge in [0.1, 0.15) is 0 Å². The molecule has 0 aliphatic rings. The van der Waals surface area contributed by atoms with E-state index in [2.05, 4.69) is 26.3 Å². The molecule has 0 aliphatic heterocycles. The highest BCUT2D eigenvalue weighted by Gasteiger charge is 2.07. The SMILES string of the molecule is Cc1ccc2nc(Nc3cnc(C(=O)O)cn3)sc2c1. The molecule has 1 aromatic carbocycles. The first-order valence-corrected chi connectivity index (χ1v) is 6.63. The Labute approximate surface area is 118 Å². The Hall–Kier alpha value is -2.54. The smallest absolute Gasteiger partial charge is 0.356 e. The second-order valence-corrected chi connectivity index (χ2v) is 5.24. The molecule has 0 fully saturated rings. The second kappa shape index (κ2) is 4.86. The Kier molecular flexibility index (Phi) is 3.03. The lowest BCUT2D eigenvalue weighted by molar-refractivity contribution is 0.0690. The predicted molar refractivity (Wildman–Crippen MR) is 76.6 cm³/mol. The molecule has 0 amide bonds. The first-order chi connectivity index (χ1) is 9.61. The number of carboxylic acids is 1. The van der Waals surface area contributed by atoms with Gasteiger partial charge >= 0.3 is 5.97 Å². The van der Waals surface area contributed by atoms with Crippen molar-refractivity contribution >= 4 is 38.5 Å². The van der Waals surface area contributed by atoms with Gasteiger partial charge in [-0.2, -0.15) is 0 Å². The molecule has 3 rings (SSSR count). The van der Waals surface area contributed by atoms with Gasteiger partial charge in [0, 0.05) is 0 Å². The maximum atomic E-state index is 10.7. The second-order valence-electron chi connectivity index (χ2n) is 4.21. The van der Waals surface area contributed by atoms with Crippen LogP contribution in [0, 0.1) is 6.92 Å². The summed E-state index contributed by atoms with van der Waals surface area (Å²) in [6.45, 7) is 2.03. The fraction of sp³-hybridized carbons (Fsp3) is 0.0769. The van der Waals surface area contributed by atoms with Gasteiger partial charge in [0.25, 0.3) is 0 Å². The standard InChI is InChI=1S/C13H10N4O2S/c1-7-2-3-8-10(4-7)20-13(16-8)17-11-6-14-9(5-15-11)12(18)19/h2-6H,1H3,(H,18,19)(H,15,16,17). The number of aromatic nitrogens is 3. The number of aryl methyl sites for hydroxylation is 1.